The molecule has 0 saturated carbocycles. The number of anilines is 2. The van der Waals surface area contributed by atoms with Crippen molar-refractivity contribution in [3.63, 3.8) is 0 Å². The number of nitrogens with one attached hydrogen (secondary N) is 1. The van der Waals surface area contributed by atoms with E-state index in [4.69, 9.17) is 0 Å². The van der Waals surface area contributed by atoms with Crippen LogP contribution in [-0.4, -0.2) is 23.6 Å². The average molecular weight is 311 g/mol. The first-order valence-electron chi connectivity index (χ1n) is 7.94. The molecule has 5 heteroatoms. The number of carbonyl (C=O) groups excluding carboxylic acids is 1. The molecule has 1 aliphatic heterocycles. The van der Waals surface area contributed by atoms with Crippen molar-refractivity contribution < 1.29 is 4.79 Å². The number of hydrogen-bond acceptors (Lipinski definition) is 3. The standard InChI is InChI=1S/C18H21N3O2/c1-14-5-4-12-21(18(14)23)13-17(22)19-15-6-8-16(9-7-15)20-10-2-3-11-20/h4-9,12H,2-3,10-11,13H2,1H3,(H,19,22). The van der Waals surface area contributed by atoms with Gasteiger partial charge in [-0.1, -0.05) is 6.07 Å². The van der Waals surface area contributed by atoms with Crippen LogP contribution < -0.4 is 15.8 Å². The molecular weight excluding hydrogens is 290 g/mol. The predicted molar refractivity (Wildman–Crippen MR) is 92.0 cm³/mol. The van der Waals surface area contributed by atoms with Crippen molar-refractivity contribution in [1.82, 2.24) is 4.57 Å². The second-order valence-electron chi connectivity index (χ2n) is 5.91. The van der Waals surface area contributed by atoms with Crippen LogP contribution in [0.15, 0.2) is 47.4 Å². The molecule has 1 aromatic carbocycles. The highest BCUT2D eigenvalue weighted by molar-refractivity contribution is 5.90. The van der Waals surface area contributed by atoms with Crippen LogP contribution in [-0.2, 0) is 11.3 Å². The minimum Gasteiger partial charge on any atom is -0.372 e. The van der Waals surface area contributed by atoms with Gasteiger partial charge in [0.2, 0.25) is 5.91 Å². The average Bonchev–Trinajstić information content (AvgIpc) is 3.07. The number of aryl methyl sites for hydroxylation is 1. The van der Waals surface area contributed by atoms with E-state index in [1.165, 1.54) is 23.1 Å². The lowest BCUT2D eigenvalue weighted by Gasteiger charge is -2.17. The summed E-state index contributed by atoms with van der Waals surface area (Å²) < 4.78 is 1.42. The summed E-state index contributed by atoms with van der Waals surface area (Å²) in [5.74, 6) is -0.202. The number of rotatable bonds is 4. The number of amides is 1. The van der Waals surface area contributed by atoms with Crippen LogP contribution in [0, 0.1) is 6.92 Å². The first-order valence-corrected chi connectivity index (χ1v) is 7.94. The molecule has 2 aromatic rings. The fourth-order valence-corrected chi connectivity index (χ4v) is 2.87. The molecule has 0 radical (unpaired) electrons. The normalized spacial score (nSPS) is 14.0. The van der Waals surface area contributed by atoms with E-state index in [-0.39, 0.29) is 18.0 Å². The summed E-state index contributed by atoms with van der Waals surface area (Å²) in [5, 5.41) is 2.84. The summed E-state index contributed by atoms with van der Waals surface area (Å²) in [6.45, 7) is 3.96. The third-order valence-electron chi connectivity index (χ3n) is 4.15. The lowest BCUT2D eigenvalue weighted by atomic mass is 10.2. The van der Waals surface area contributed by atoms with Gasteiger partial charge in [-0.3, -0.25) is 9.59 Å². The number of benzene rings is 1. The summed E-state index contributed by atoms with van der Waals surface area (Å²) >= 11 is 0. The van der Waals surface area contributed by atoms with E-state index in [0.29, 0.717) is 5.56 Å². The molecule has 0 atom stereocenters. The van der Waals surface area contributed by atoms with Gasteiger partial charge in [0.25, 0.3) is 5.56 Å². The van der Waals surface area contributed by atoms with Crippen LogP contribution in [0.1, 0.15) is 18.4 Å². The van der Waals surface area contributed by atoms with Crippen LogP contribution in [0.4, 0.5) is 11.4 Å². The molecule has 5 nitrogen and oxygen atoms in total. The van der Waals surface area contributed by atoms with Gasteiger partial charge in [0, 0.05) is 36.2 Å². The van der Waals surface area contributed by atoms with Crippen LogP contribution in [0.3, 0.4) is 0 Å². The highest BCUT2D eigenvalue weighted by Crippen LogP contribution is 2.21. The first kappa shape index (κ1) is 15.3. The van der Waals surface area contributed by atoms with Crippen LogP contribution in [0.5, 0.6) is 0 Å². The zero-order valence-electron chi connectivity index (χ0n) is 13.3. The van der Waals surface area contributed by atoms with Crippen molar-refractivity contribution in [2.24, 2.45) is 0 Å². The van der Waals surface area contributed by atoms with Crippen molar-refractivity contribution in [2.75, 3.05) is 23.3 Å². The molecule has 0 aliphatic carbocycles. The summed E-state index contributed by atoms with van der Waals surface area (Å²) in [7, 11) is 0. The molecule has 0 unspecified atom stereocenters. The van der Waals surface area contributed by atoms with Gasteiger partial charge in [0.1, 0.15) is 6.54 Å². The maximum Gasteiger partial charge on any atom is 0.253 e. The molecule has 0 spiro atoms. The number of hydrogen-bond donors (Lipinski definition) is 1. The van der Waals surface area contributed by atoms with Gasteiger partial charge >= 0.3 is 0 Å². The second kappa shape index (κ2) is 6.69. The Hall–Kier alpha value is -2.56. The molecule has 1 aromatic heterocycles. The molecular formula is C18H21N3O2. The highest BCUT2D eigenvalue weighted by atomic mass is 16.2. The van der Waals surface area contributed by atoms with E-state index < -0.39 is 0 Å². The SMILES string of the molecule is Cc1cccn(CC(=O)Nc2ccc(N3CCCC3)cc2)c1=O. The van der Waals surface area contributed by atoms with Crippen molar-refractivity contribution in [2.45, 2.75) is 26.3 Å². The van der Waals surface area contributed by atoms with E-state index in [2.05, 4.69) is 10.2 Å². The van der Waals surface area contributed by atoms with Crippen LogP contribution >= 0.6 is 0 Å². The van der Waals surface area contributed by atoms with E-state index >= 15 is 0 Å². The first-order chi connectivity index (χ1) is 11.1. The van der Waals surface area contributed by atoms with Crippen LogP contribution in [0.2, 0.25) is 0 Å². The molecule has 1 N–H and O–H groups in total. The third kappa shape index (κ3) is 3.62. The number of carbonyl (C=O) groups is 1. The van der Waals surface area contributed by atoms with Gasteiger partial charge in [-0.2, -0.15) is 0 Å². The fraction of sp³-hybridized carbons (Fsp3) is 0.333. The largest absolute Gasteiger partial charge is 0.372 e. The van der Waals surface area contributed by atoms with Gasteiger partial charge < -0.3 is 14.8 Å². The Labute approximate surface area is 135 Å². The smallest absolute Gasteiger partial charge is 0.253 e. The highest BCUT2D eigenvalue weighted by Gasteiger charge is 2.12. The summed E-state index contributed by atoms with van der Waals surface area (Å²) in [4.78, 5) is 26.4. The van der Waals surface area contributed by atoms with Crippen molar-refractivity contribution in [3.8, 4) is 0 Å². The maximum absolute atomic E-state index is 12.1. The Kier molecular flexibility index (Phi) is 4.46. The minimum atomic E-state index is -0.202. The Morgan fingerprint density at radius 3 is 2.52 bits per heavy atom. The van der Waals surface area contributed by atoms with Gasteiger partial charge in [-0.15, -0.1) is 0 Å². The number of pyridine rings is 1. The van der Waals surface area contributed by atoms with Crippen molar-refractivity contribution in [1.29, 1.82) is 0 Å². The number of aromatic nitrogens is 1. The van der Waals surface area contributed by atoms with Gasteiger partial charge in [-0.25, -0.2) is 0 Å². The Balaban J connectivity index is 1.63. The van der Waals surface area contributed by atoms with E-state index in [1.54, 1.807) is 25.3 Å². The molecule has 1 aliphatic rings. The molecule has 1 fully saturated rings. The molecule has 1 amide bonds. The number of nitrogens with zero attached hydrogens (tertiary/aromatic N) is 2. The zero-order valence-corrected chi connectivity index (χ0v) is 13.3. The monoisotopic (exact) mass is 311 g/mol. The zero-order chi connectivity index (χ0) is 16.2. The van der Waals surface area contributed by atoms with Gasteiger partial charge in [-0.05, 0) is 50.1 Å². The lowest BCUT2D eigenvalue weighted by Crippen LogP contribution is -2.28. The van der Waals surface area contributed by atoms with Gasteiger partial charge in [0.15, 0.2) is 0 Å². The molecule has 23 heavy (non-hydrogen) atoms. The topological polar surface area (TPSA) is 54.3 Å². The molecule has 3 rings (SSSR count). The van der Waals surface area contributed by atoms with Crippen molar-refractivity contribution in [3.05, 3.63) is 58.5 Å². The summed E-state index contributed by atoms with van der Waals surface area (Å²) in [6.07, 6.45) is 4.11. The summed E-state index contributed by atoms with van der Waals surface area (Å²) in [5.41, 5.74) is 2.44. The quantitative estimate of drug-likeness (QED) is 0.943. The Morgan fingerprint density at radius 1 is 1.13 bits per heavy atom. The Bertz CT molecular complexity index is 744. The van der Waals surface area contributed by atoms with E-state index in [9.17, 15) is 9.59 Å². The molecule has 0 bridgehead atoms. The molecule has 1 saturated heterocycles. The molecule has 120 valence electrons. The summed E-state index contributed by atoms with van der Waals surface area (Å²) in [6, 6.07) is 11.4. The Morgan fingerprint density at radius 2 is 1.83 bits per heavy atom. The molecule has 2 heterocycles. The third-order valence-corrected chi connectivity index (χ3v) is 4.15. The van der Waals surface area contributed by atoms with E-state index in [0.717, 1.165) is 18.8 Å². The minimum absolute atomic E-state index is 0.0222. The maximum atomic E-state index is 12.1. The predicted octanol–water partition coefficient (Wildman–Crippen LogP) is 2.40. The van der Waals surface area contributed by atoms with Crippen LogP contribution in [0.25, 0.3) is 0 Å². The van der Waals surface area contributed by atoms with Crippen molar-refractivity contribution >= 4 is 17.3 Å². The fourth-order valence-electron chi connectivity index (χ4n) is 2.87. The van der Waals surface area contributed by atoms with Gasteiger partial charge in [0.05, 0.1) is 0 Å². The lowest BCUT2D eigenvalue weighted by molar-refractivity contribution is -0.116. The van der Waals surface area contributed by atoms with E-state index in [1.807, 2.05) is 24.3 Å². The second-order valence-corrected chi connectivity index (χ2v) is 5.91.